The van der Waals surface area contributed by atoms with Gasteiger partial charge >= 0.3 is 0 Å². The highest BCUT2D eigenvalue weighted by Gasteiger charge is 2.17. The van der Waals surface area contributed by atoms with E-state index in [-0.39, 0.29) is 0 Å². The van der Waals surface area contributed by atoms with Crippen molar-refractivity contribution in [3.63, 3.8) is 0 Å². The summed E-state index contributed by atoms with van der Waals surface area (Å²) in [5.41, 5.74) is 10.5. The van der Waals surface area contributed by atoms with E-state index in [2.05, 4.69) is 17.1 Å². The van der Waals surface area contributed by atoms with Gasteiger partial charge in [0.1, 0.15) is 11.5 Å². The zero-order valence-electron chi connectivity index (χ0n) is 13.4. The lowest BCUT2D eigenvalue weighted by molar-refractivity contribution is 0.308. The van der Waals surface area contributed by atoms with E-state index >= 15 is 0 Å². The minimum Gasteiger partial charge on any atom is -0.496 e. The van der Waals surface area contributed by atoms with Gasteiger partial charge in [-0.1, -0.05) is 24.3 Å². The van der Waals surface area contributed by atoms with E-state index in [1.807, 2.05) is 36.5 Å². The fourth-order valence-electron chi connectivity index (χ4n) is 2.80. The summed E-state index contributed by atoms with van der Waals surface area (Å²) in [5.74, 6) is 1.64. The van der Waals surface area contributed by atoms with Gasteiger partial charge in [0, 0.05) is 22.9 Å². The number of aromatic nitrogens is 1. The first-order chi connectivity index (χ1) is 11.2. The Morgan fingerprint density at radius 1 is 1.04 bits per heavy atom. The van der Waals surface area contributed by atoms with Gasteiger partial charge < -0.3 is 15.2 Å². The van der Waals surface area contributed by atoms with Gasteiger partial charge in [-0.15, -0.1) is 0 Å². The number of hydrogen-bond acceptors (Lipinski definition) is 4. The molecule has 0 bridgehead atoms. The summed E-state index contributed by atoms with van der Waals surface area (Å²) in [6.07, 6.45) is 7.97. The van der Waals surface area contributed by atoms with E-state index in [9.17, 15) is 0 Å². The number of nitrogens with zero attached hydrogens (tertiary/aromatic N) is 1. The largest absolute Gasteiger partial charge is 0.496 e. The van der Waals surface area contributed by atoms with Crippen molar-refractivity contribution in [1.82, 2.24) is 4.98 Å². The Bertz CT molecular complexity index is 779. The summed E-state index contributed by atoms with van der Waals surface area (Å²) in [5, 5.41) is 0. The molecule has 0 spiro atoms. The molecule has 4 nitrogen and oxygen atoms in total. The molecule has 0 unspecified atom stereocenters. The van der Waals surface area contributed by atoms with Gasteiger partial charge in [0.05, 0.1) is 25.6 Å². The molecule has 2 N–H and O–H groups in total. The summed E-state index contributed by atoms with van der Waals surface area (Å²) in [6, 6.07) is 9.76. The minimum atomic E-state index is 0.629. The molecule has 2 aromatic rings. The molecule has 4 heteroatoms. The summed E-state index contributed by atoms with van der Waals surface area (Å²) in [4.78, 5) is 4.58. The molecule has 1 aliphatic rings. The lowest BCUT2D eigenvalue weighted by atomic mass is 9.98. The summed E-state index contributed by atoms with van der Waals surface area (Å²) in [6.45, 7) is 0. The molecule has 118 valence electrons. The maximum Gasteiger partial charge on any atom is 0.126 e. The van der Waals surface area contributed by atoms with Crippen LogP contribution in [0.15, 0.2) is 54.4 Å². The average Bonchev–Trinajstić information content (AvgIpc) is 2.61. The van der Waals surface area contributed by atoms with Gasteiger partial charge in [-0.3, -0.25) is 4.98 Å². The lowest BCUT2D eigenvalue weighted by Gasteiger charge is -2.17. The molecule has 0 aliphatic heterocycles. The molecular weight excluding hydrogens is 288 g/mol. The predicted octanol–water partition coefficient (Wildman–Crippen LogP) is 4.05. The number of pyridine rings is 1. The van der Waals surface area contributed by atoms with Crippen LogP contribution in [0.25, 0.3) is 16.7 Å². The Kier molecular flexibility index (Phi) is 4.33. The van der Waals surface area contributed by atoms with Crippen LogP contribution >= 0.6 is 0 Å². The third-order valence-electron chi connectivity index (χ3n) is 3.92. The highest BCUT2D eigenvalue weighted by Crippen LogP contribution is 2.35. The zero-order chi connectivity index (χ0) is 16.2. The van der Waals surface area contributed by atoms with E-state index in [0.717, 1.165) is 46.7 Å². The van der Waals surface area contributed by atoms with Gasteiger partial charge in [-0.25, -0.2) is 0 Å². The van der Waals surface area contributed by atoms with Gasteiger partial charge in [-0.05, 0) is 31.1 Å². The summed E-state index contributed by atoms with van der Waals surface area (Å²) >= 11 is 0. The van der Waals surface area contributed by atoms with Crippen LogP contribution in [0.2, 0.25) is 0 Å². The van der Waals surface area contributed by atoms with Crippen LogP contribution in [-0.2, 0) is 4.74 Å². The number of anilines is 1. The molecular formula is C19H20N2O2. The van der Waals surface area contributed by atoms with Crippen molar-refractivity contribution in [2.45, 2.75) is 12.8 Å². The first-order valence-corrected chi connectivity index (χ1v) is 7.58. The molecule has 0 atom stereocenters. The second-order valence-electron chi connectivity index (χ2n) is 5.33. The molecule has 23 heavy (non-hydrogen) atoms. The fraction of sp³-hybridized carbons (Fsp3) is 0.211. The molecule has 1 aliphatic carbocycles. The number of nitrogen functional groups attached to an aromatic ring is 1. The second-order valence-corrected chi connectivity index (χ2v) is 5.33. The first-order valence-electron chi connectivity index (χ1n) is 7.58. The van der Waals surface area contributed by atoms with E-state index < -0.39 is 0 Å². The Hall–Kier alpha value is -2.75. The third-order valence-corrected chi connectivity index (χ3v) is 3.92. The lowest BCUT2D eigenvalue weighted by Crippen LogP contribution is -2.03. The normalized spacial score (nSPS) is 14.0. The Morgan fingerprint density at radius 3 is 2.57 bits per heavy atom. The quantitative estimate of drug-likeness (QED) is 0.926. The van der Waals surface area contributed by atoms with Gasteiger partial charge in [-0.2, -0.15) is 0 Å². The van der Waals surface area contributed by atoms with E-state index in [4.69, 9.17) is 15.2 Å². The van der Waals surface area contributed by atoms with Crippen molar-refractivity contribution >= 4 is 11.3 Å². The van der Waals surface area contributed by atoms with E-state index in [0.29, 0.717) is 5.69 Å². The smallest absolute Gasteiger partial charge is 0.126 e. The van der Waals surface area contributed by atoms with Crippen LogP contribution in [0.3, 0.4) is 0 Å². The molecule has 0 saturated heterocycles. The van der Waals surface area contributed by atoms with Crippen molar-refractivity contribution in [2.24, 2.45) is 0 Å². The second kappa shape index (κ2) is 6.57. The Morgan fingerprint density at radius 2 is 1.83 bits per heavy atom. The zero-order valence-corrected chi connectivity index (χ0v) is 13.4. The van der Waals surface area contributed by atoms with Crippen molar-refractivity contribution < 1.29 is 9.47 Å². The fourth-order valence-corrected chi connectivity index (χ4v) is 2.80. The number of methoxy groups -OCH3 is 2. The van der Waals surface area contributed by atoms with Crippen molar-refractivity contribution in [1.29, 1.82) is 0 Å². The van der Waals surface area contributed by atoms with Crippen LogP contribution in [0.1, 0.15) is 18.5 Å². The van der Waals surface area contributed by atoms with Crippen molar-refractivity contribution in [2.75, 3.05) is 20.0 Å². The molecule has 0 fully saturated rings. The molecule has 0 amide bonds. The van der Waals surface area contributed by atoms with E-state index in [1.54, 1.807) is 14.2 Å². The predicted molar refractivity (Wildman–Crippen MR) is 92.9 cm³/mol. The molecule has 0 saturated carbocycles. The minimum absolute atomic E-state index is 0.629. The number of hydrogen-bond donors (Lipinski definition) is 1. The van der Waals surface area contributed by atoms with Crippen LogP contribution < -0.4 is 10.5 Å². The van der Waals surface area contributed by atoms with Gasteiger partial charge in [0.25, 0.3) is 0 Å². The molecule has 0 radical (unpaired) electrons. The third kappa shape index (κ3) is 2.93. The standard InChI is InChI=1S/C19H20N2O2/c1-22-17-9-5-3-7-14(17)13-11-16(20)19(21-12-13)15-8-4-6-10-18(15)23-2/h3,5,7-12H,4,6,20H2,1-2H3. The average molecular weight is 308 g/mol. The molecule has 3 rings (SSSR count). The van der Waals surface area contributed by atoms with Crippen LogP contribution in [0, 0.1) is 0 Å². The maximum atomic E-state index is 6.27. The number of nitrogens with two attached hydrogens (primary N) is 1. The van der Waals surface area contributed by atoms with Gasteiger partial charge in [0.15, 0.2) is 0 Å². The maximum absolute atomic E-state index is 6.27. The number of ether oxygens (including phenoxy) is 2. The van der Waals surface area contributed by atoms with Crippen molar-refractivity contribution in [3.8, 4) is 16.9 Å². The molecule has 1 aromatic carbocycles. The summed E-state index contributed by atoms with van der Waals surface area (Å²) < 4.78 is 10.9. The topological polar surface area (TPSA) is 57.4 Å². The van der Waals surface area contributed by atoms with Crippen molar-refractivity contribution in [3.05, 3.63) is 60.1 Å². The Balaban J connectivity index is 2.02. The molecule has 1 heterocycles. The highest BCUT2D eigenvalue weighted by molar-refractivity contribution is 5.84. The van der Waals surface area contributed by atoms with Gasteiger partial charge in [0.2, 0.25) is 0 Å². The number of benzene rings is 1. The Labute approximate surface area is 136 Å². The number of rotatable bonds is 4. The van der Waals surface area contributed by atoms with E-state index in [1.165, 1.54) is 0 Å². The number of allylic oxidation sites excluding steroid dienone is 3. The molecule has 1 aromatic heterocycles. The van der Waals surface area contributed by atoms with Crippen LogP contribution in [-0.4, -0.2) is 19.2 Å². The van der Waals surface area contributed by atoms with Crippen LogP contribution in [0.4, 0.5) is 5.69 Å². The van der Waals surface area contributed by atoms with Crippen LogP contribution in [0.5, 0.6) is 5.75 Å². The monoisotopic (exact) mass is 308 g/mol. The highest BCUT2D eigenvalue weighted by atomic mass is 16.5. The summed E-state index contributed by atoms with van der Waals surface area (Å²) in [7, 11) is 3.33. The first kappa shape index (κ1) is 15.2. The SMILES string of the molecule is COC1=CCCC=C1c1ncc(-c2ccccc2OC)cc1N. The number of para-hydroxylation sites is 1.